The van der Waals surface area contributed by atoms with E-state index < -0.39 is 6.04 Å². The normalized spacial score (nSPS) is 12.0. The van der Waals surface area contributed by atoms with Gasteiger partial charge >= 0.3 is 0 Å². The molecule has 0 aliphatic heterocycles. The number of amides is 2. The molecular weight excluding hydrogens is 318 g/mol. The Hall–Kier alpha value is -3.15. The van der Waals surface area contributed by atoms with E-state index in [4.69, 9.17) is 4.42 Å². The van der Waals surface area contributed by atoms with Gasteiger partial charge in [-0.2, -0.15) is 0 Å². The van der Waals surface area contributed by atoms with Gasteiger partial charge < -0.3 is 14.6 Å². The van der Waals surface area contributed by atoms with Crippen molar-refractivity contribution in [1.82, 2.24) is 15.2 Å². The summed E-state index contributed by atoms with van der Waals surface area (Å²) >= 11 is 0. The number of benzene rings is 1. The molecule has 0 spiro atoms. The number of nitrogens with one attached hydrogen (secondary N) is 1. The van der Waals surface area contributed by atoms with Crippen LogP contribution in [0.2, 0.25) is 0 Å². The van der Waals surface area contributed by atoms with E-state index >= 15 is 0 Å². The van der Waals surface area contributed by atoms with Gasteiger partial charge in [0.25, 0.3) is 5.91 Å². The fourth-order valence-electron chi connectivity index (χ4n) is 2.65. The van der Waals surface area contributed by atoms with E-state index in [2.05, 4.69) is 10.3 Å². The molecule has 1 aromatic carbocycles. The highest BCUT2D eigenvalue weighted by atomic mass is 16.3. The van der Waals surface area contributed by atoms with Crippen LogP contribution in [0.1, 0.15) is 17.3 Å². The average Bonchev–Trinajstić information content (AvgIpc) is 3.19. The van der Waals surface area contributed by atoms with Gasteiger partial charge in [-0.15, -0.1) is 0 Å². The van der Waals surface area contributed by atoms with Crippen molar-refractivity contribution in [3.63, 3.8) is 0 Å². The van der Waals surface area contributed by atoms with Crippen LogP contribution in [-0.4, -0.2) is 41.8 Å². The number of hydrogen-bond donors (Lipinski definition) is 1. The second-order valence-corrected chi connectivity index (χ2v) is 5.76. The summed E-state index contributed by atoms with van der Waals surface area (Å²) in [4.78, 5) is 30.9. The number of furan rings is 1. The average molecular weight is 337 g/mol. The third-order valence-electron chi connectivity index (χ3n) is 4.25. The van der Waals surface area contributed by atoms with Gasteiger partial charge in [-0.05, 0) is 31.2 Å². The van der Waals surface area contributed by atoms with Crippen LogP contribution in [0.5, 0.6) is 0 Å². The fraction of sp³-hybridized carbons (Fsp3) is 0.211. The Balaban J connectivity index is 2.11. The summed E-state index contributed by atoms with van der Waals surface area (Å²) in [6.45, 7) is 1.69. The molecule has 1 atom stereocenters. The Bertz CT molecular complexity index is 919. The van der Waals surface area contributed by atoms with Crippen LogP contribution < -0.4 is 5.32 Å². The Morgan fingerprint density at radius 2 is 1.96 bits per heavy atom. The second kappa shape index (κ2) is 6.76. The summed E-state index contributed by atoms with van der Waals surface area (Å²) in [7, 11) is 3.16. The van der Waals surface area contributed by atoms with Gasteiger partial charge in [-0.25, -0.2) is 4.98 Å². The maximum absolute atomic E-state index is 13.0. The van der Waals surface area contributed by atoms with Gasteiger partial charge in [0.15, 0.2) is 5.76 Å². The van der Waals surface area contributed by atoms with Gasteiger partial charge in [0, 0.05) is 19.5 Å². The minimum Gasteiger partial charge on any atom is -0.463 e. The first-order valence-corrected chi connectivity index (χ1v) is 7.95. The van der Waals surface area contributed by atoms with Crippen LogP contribution in [0.15, 0.2) is 53.1 Å². The summed E-state index contributed by atoms with van der Waals surface area (Å²) in [5.41, 5.74) is 1.75. The molecule has 0 radical (unpaired) electrons. The minimum absolute atomic E-state index is 0.222. The third-order valence-corrected chi connectivity index (χ3v) is 4.25. The first kappa shape index (κ1) is 16.7. The number of rotatable bonds is 4. The van der Waals surface area contributed by atoms with Crippen LogP contribution >= 0.6 is 0 Å². The van der Waals surface area contributed by atoms with Gasteiger partial charge in [0.05, 0.1) is 17.3 Å². The van der Waals surface area contributed by atoms with E-state index in [0.29, 0.717) is 22.5 Å². The zero-order valence-corrected chi connectivity index (χ0v) is 14.3. The maximum Gasteiger partial charge on any atom is 0.255 e. The molecular formula is C19H19N3O3. The summed E-state index contributed by atoms with van der Waals surface area (Å²) in [6.07, 6.45) is 1.56. The molecule has 3 aromatic rings. The van der Waals surface area contributed by atoms with Gasteiger partial charge in [-0.3, -0.25) is 9.59 Å². The molecule has 6 heteroatoms. The standard InChI is InChI=1S/C19H19N3O3/c1-12(18(23)20-2)22(3)19(24)14-11-16(17-9-6-10-25-17)21-15-8-5-4-7-13(14)15/h4-12H,1-3H3,(H,20,23)/t12-/m0/s1. The molecule has 0 bridgehead atoms. The van der Waals surface area contributed by atoms with Crippen LogP contribution in [0, 0.1) is 0 Å². The lowest BCUT2D eigenvalue weighted by Gasteiger charge is -2.24. The van der Waals surface area contributed by atoms with Crippen LogP contribution in [-0.2, 0) is 4.79 Å². The maximum atomic E-state index is 13.0. The highest BCUT2D eigenvalue weighted by molar-refractivity contribution is 6.08. The van der Waals surface area contributed by atoms with E-state index in [0.717, 1.165) is 5.39 Å². The van der Waals surface area contributed by atoms with Crippen LogP contribution in [0.3, 0.4) is 0 Å². The van der Waals surface area contributed by atoms with E-state index in [1.807, 2.05) is 24.3 Å². The number of hydrogen-bond acceptors (Lipinski definition) is 4. The van der Waals surface area contributed by atoms with Gasteiger partial charge in [0.1, 0.15) is 11.7 Å². The zero-order valence-electron chi connectivity index (χ0n) is 14.3. The quantitative estimate of drug-likeness (QED) is 0.794. The van der Waals surface area contributed by atoms with Crippen molar-refractivity contribution in [2.24, 2.45) is 0 Å². The predicted molar refractivity (Wildman–Crippen MR) is 95.1 cm³/mol. The summed E-state index contributed by atoms with van der Waals surface area (Å²) in [5.74, 6) is 0.116. The Labute approximate surface area is 145 Å². The number of carbonyl (C=O) groups is 2. The molecule has 0 saturated heterocycles. The summed E-state index contributed by atoms with van der Waals surface area (Å²) in [6, 6.07) is 12.1. The van der Waals surface area contributed by atoms with E-state index in [1.165, 1.54) is 4.90 Å². The number of aromatic nitrogens is 1. The fourth-order valence-corrected chi connectivity index (χ4v) is 2.65. The molecule has 128 valence electrons. The van der Waals surface area contributed by atoms with Gasteiger partial charge in [-0.1, -0.05) is 18.2 Å². The molecule has 0 aliphatic carbocycles. The monoisotopic (exact) mass is 337 g/mol. The number of likely N-dealkylation sites (N-methyl/N-ethyl adjacent to an activating group) is 2. The first-order chi connectivity index (χ1) is 12.0. The molecule has 25 heavy (non-hydrogen) atoms. The summed E-state index contributed by atoms with van der Waals surface area (Å²) < 4.78 is 5.42. The Morgan fingerprint density at radius 1 is 1.20 bits per heavy atom. The topological polar surface area (TPSA) is 75.4 Å². The lowest BCUT2D eigenvalue weighted by atomic mass is 10.0. The number of fused-ring (bicyclic) bond motifs is 1. The van der Waals surface area contributed by atoms with Crippen molar-refractivity contribution < 1.29 is 14.0 Å². The van der Waals surface area contributed by atoms with Crippen molar-refractivity contribution >= 4 is 22.7 Å². The molecule has 0 fully saturated rings. The molecule has 0 saturated carbocycles. The molecule has 3 rings (SSSR count). The Kier molecular flexibility index (Phi) is 4.52. The SMILES string of the molecule is CNC(=O)[C@H](C)N(C)C(=O)c1cc(-c2ccco2)nc2ccccc12. The van der Waals surface area contributed by atoms with E-state index in [1.54, 1.807) is 45.5 Å². The minimum atomic E-state index is -0.587. The Morgan fingerprint density at radius 3 is 2.64 bits per heavy atom. The largest absolute Gasteiger partial charge is 0.463 e. The van der Waals surface area contributed by atoms with Crippen LogP contribution in [0.25, 0.3) is 22.4 Å². The zero-order chi connectivity index (χ0) is 18.0. The van der Waals surface area contributed by atoms with Crippen molar-refractivity contribution in [3.8, 4) is 11.5 Å². The van der Waals surface area contributed by atoms with Gasteiger partial charge in [0.2, 0.25) is 5.91 Å². The third kappa shape index (κ3) is 3.10. The lowest BCUT2D eigenvalue weighted by Crippen LogP contribution is -2.44. The molecule has 2 amide bonds. The molecule has 0 aliphatic rings. The predicted octanol–water partition coefficient (Wildman–Crippen LogP) is 2.70. The molecule has 0 unspecified atom stereocenters. The number of nitrogens with zero attached hydrogens (tertiary/aromatic N) is 2. The highest BCUT2D eigenvalue weighted by Gasteiger charge is 2.24. The lowest BCUT2D eigenvalue weighted by molar-refractivity contribution is -0.124. The van der Waals surface area contributed by atoms with Crippen LogP contribution in [0.4, 0.5) is 0 Å². The first-order valence-electron chi connectivity index (χ1n) is 7.95. The number of pyridine rings is 1. The smallest absolute Gasteiger partial charge is 0.255 e. The van der Waals surface area contributed by atoms with Crippen molar-refractivity contribution in [2.45, 2.75) is 13.0 Å². The van der Waals surface area contributed by atoms with E-state index in [9.17, 15) is 9.59 Å². The molecule has 6 nitrogen and oxygen atoms in total. The molecule has 2 aromatic heterocycles. The van der Waals surface area contributed by atoms with Crippen molar-refractivity contribution in [2.75, 3.05) is 14.1 Å². The number of carbonyl (C=O) groups excluding carboxylic acids is 2. The number of para-hydroxylation sites is 1. The molecule has 2 heterocycles. The highest BCUT2D eigenvalue weighted by Crippen LogP contribution is 2.26. The second-order valence-electron chi connectivity index (χ2n) is 5.76. The molecule has 1 N–H and O–H groups in total. The van der Waals surface area contributed by atoms with E-state index in [-0.39, 0.29) is 11.8 Å². The summed E-state index contributed by atoms with van der Waals surface area (Å²) in [5, 5.41) is 3.30. The van der Waals surface area contributed by atoms with Crippen molar-refractivity contribution in [1.29, 1.82) is 0 Å². The van der Waals surface area contributed by atoms with Crippen molar-refractivity contribution in [3.05, 3.63) is 54.3 Å².